The number of rotatable bonds is 7. The van der Waals surface area contributed by atoms with Crippen LogP contribution < -0.4 is 10.2 Å². The molecular weight excluding hydrogens is 364 g/mol. The molecule has 7 heteroatoms. The Morgan fingerprint density at radius 3 is 2.15 bits per heavy atom. The van der Waals surface area contributed by atoms with Crippen molar-refractivity contribution < 1.29 is 19.4 Å². The Kier molecular flexibility index (Phi) is 8.02. The summed E-state index contributed by atoms with van der Waals surface area (Å²) in [7, 11) is 2.06. The van der Waals surface area contributed by atoms with Crippen LogP contribution in [0.15, 0.2) is 24.3 Å². The maximum Gasteiger partial charge on any atom is 0.408 e. The fourth-order valence-corrected chi connectivity index (χ4v) is 3.13. The average molecular weight is 397 g/mol. The minimum Gasteiger partial charge on any atom is -0.480 e. The highest BCUT2D eigenvalue weighted by Gasteiger charge is 2.24. The summed E-state index contributed by atoms with van der Waals surface area (Å²) in [5, 5.41) is 11.7. The van der Waals surface area contributed by atoms with E-state index in [2.05, 4.69) is 50.2 Å². The normalized spacial score (nSPS) is 13.0. The summed E-state index contributed by atoms with van der Waals surface area (Å²) in [5.41, 5.74) is 1.61. The fourth-order valence-electron chi connectivity index (χ4n) is 2.12. The third-order valence-electron chi connectivity index (χ3n) is 3.87. The Morgan fingerprint density at radius 1 is 1.15 bits per heavy atom. The maximum atomic E-state index is 11.8. The topological polar surface area (TPSA) is 78.9 Å². The van der Waals surface area contributed by atoms with Crippen LogP contribution in [0.5, 0.6) is 0 Å². The van der Waals surface area contributed by atoms with E-state index in [4.69, 9.17) is 4.74 Å². The van der Waals surface area contributed by atoms with Crippen molar-refractivity contribution >= 4 is 29.5 Å². The van der Waals surface area contributed by atoms with Gasteiger partial charge in [0.15, 0.2) is 0 Å². The minimum atomic E-state index is -1.07. The summed E-state index contributed by atoms with van der Waals surface area (Å²) >= 11 is 1.46. The molecule has 0 spiro atoms. The third kappa shape index (κ3) is 8.56. The molecule has 6 nitrogen and oxygen atoms in total. The lowest BCUT2D eigenvalue weighted by Crippen LogP contribution is -2.44. The zero-order valence-electron chi connectivity index (χ0n) is 17.3. The lowest BCUT2D eigenvalue weighted by Gasteiger charge is -2.34. The number of hydrogen-bond donors (Lipinski definition) is 2. The standard InChI is InChI=1S/C20H32N2O4S/c1-19(2,3)22(7)15-10-8-14(9-11-15)12-27-13-16(17(23)24)21-18(25)26-20(4,5)6/h8-11,16H,12-13H2,1-7H3,(H,21,25)(H,23,24)/t16-/m0/s1. The number of nitrogens with one attached hydrogen (secondary N) is 1. The van der Waals surface area contributed by atoms with Gasteiger partial charge in [-0.2, -0.15) is 11.8 Å². The first-order valence-corrected chi connectivity index (χ1v) is 10.1. The molecule has 0 aliphatic carbocycles. The van der Waals surface area contributed by atoms with Crippen LogP contribution in [0.1, 0.15) is 47.1 Å². The van der Waals surface area contributed by atoms with E-state index in [0.29, 0.717) is 5.75 Å². The number of carboxylic acid groups (broad SMARTS) is 1. The van der Waals surface area contributed by atoms with Gasteiger partial charge in [0.1, 0.15) is 11.6 Å². The van der Waals surface area contributed by atoms with E-state index >= 15 is 0 Å². The van der Waals surface area contributed by atoms with Crippen LogP contribution in [-0.2, 0) is 15.3 Å². The molecule has 0 aromatic heterocycles. The molecule has 1 atom stereocenters. The SMILES string of the molecule is CN(c1ccc(CSC[C@H](NC(=O)OC(C)(C)C)C(=O)O)cc1)C(C)(C)C. The molecule has 0 aliphatic rings. The first-order chi connectivity index (χ1) is 12.3. The quantitative estimate of drug-likeness (QED) is 0.721. The highest BCUT2D eigenvalue weighted by Crippen LogP contribution is 2.23. The van der Waals surface area contributed by atoms with Gasteiger partial charge in [-0.25, -0.2) is 9.59 Å². The second-order valence-corrected chi connectivity index (χ2v) is 9.48. The summed E-state index contributed by atoms with van der Waals surface area (Å²) < 4.78 is 5.12. The largest absolute Gasteiger partial charge is 0.480 e. The van der Waals surface area contributed by atoms with Gasteiger partial charge >= 0.3 is 12.1 Å². The Bertz CT molecular complexity index is 633. The monoisotopic (exact) mass is 396 g/mol. The number of carboxylic acids is 1. The number of ether oxygens (including phenoxy) is 1. The van der Waals surface area contributed by atoms with E-state index < -0.39 is 23.7 Å². The van der Waals surface area contributed by atoms with Crippen LogP contribution in [-0.4, -0.2) is 47.2 Å². The Balaban J connectivity index is 2.56. The second-order valence-electron chi connectivity index (χ2n) is 8.45. The van der Waals surface area contributed by atoms with Crippen LogP contribution in [0.3, 0.4) is 0 Å². The zero-order chi connectivity index (χ0) is 20.8. The van der Waals surface area contributed by atoms with Gasteiger partial charge < -0.3 is 20.1 Å². The van der Waals surface area contributed by atoms with Crippen LogP contribution in [0, 0.1) is 0 Å². The number of aliphatic carboxylic acids is 1. The third-order valence-corrected chi connectivity index (χ3v) is 4.98. The van der Waals surface area contributed by atoms with E-state index in [1.807, 2.05) is 12.1 Å². The van der Waals surface area contributed by atoms with Crippen molar-refractivity contribution in [3.05, 3.63) is 29.8 Å². The van der Waals surface area contributed by atoms with Gasteiger partial charge in [0.2, 0.25) is 0 Å². The smallest absolute Gasteiger partial charge is 0.408 e. The van der Waals surface area contributed by atoms with Crippen LogP contribution in [0.4, 0.5) is 10.5 Å². The Hall–Kier alpha value is -1.89. The first kappa shape index (κ1) is 23.1. The van der Waals surface area contributed by atoms with Crippen molar-refractivity contribution in [3.8, 4) is 0 Å². The number of alkyl carbamates (subject to hydrolysis) is 1. The van der Waals surface area contributed by atoms with Gasteiger partial charge in [0, 0.05) is 29.8 Å². The highest BCUT2D eigenvalue weighted by atomic mass is 32.2. The molecule has 2 N–H and O–H groups in total. The number of amides is 1. The van der Waals surface area contributed by atoms with Crippen LogP contribution in [0.25, 0.3) is 0 Å². The molecule has 0 fully saturated rings. The lowest BCUT2D eigenvalue weighted by molar-refractivity contribution is -0.138. The molecule has 0 aliphatic heterocycles. The van der Waals surface area contributed by atoms with E-state index in [-0.39, 0.29) is 11.3 Å². The average Bonchev–Trinajstić information content (AvgIpc) is 2.51. The number of carbonyl (C=O) groups is 2. The molecule has 0 saturated carbocycles. The van der Waals surface area contributed by atoms with Crippen molar-refractivity contribution in [3.63, 3.8) is 0 Å². The lowest BCUT2D eigenvalue weighted by atomic mass is 10.1. The van der Waals surface area contributed by atoms with Crippen molar-refractivity contribution in [1.82, 2.24) is 5.32 Å². The van der Waals surface area contributed by atoms with E-state index in [1.165, 1.54) is 11.8 Å². The molecule has 0 radical (unpaired) electrons. The van der Waals surface area contributed by atoms with E-state index in [1.54, 1.807) is 20.8 Å². The fraction of sp³-hybridized carbons (Fsp3) is 0.600. The highest BCUT2D eigenvalue weighted by molar-refractivity contribution is 7.98. The van der Waals surface area contributed by atoms with Gasteiger partial charge in [-0.1, -0.05) is 12.1 Å². The van der Waals surface area contributed by atoms with Crippen LogP contribution in [0.2, 0.25) is 0 Å². The molecule has 27 heavy (non-hydrogen) atoms. The van der Waals surface area contributed by atoms with E-state index in [9.17, 15) is 14.7 Å². The molecule has 0 saturated heterocycles. The number of carbonyl (C=O) groups excluding carboxylic acids is 1. The Morgan fingerprint density at radius 2 is 1.70 bits per heavy atom. The molecule has 0 heterocycles. The van der Waals surface area contributed by atoms with E-state index in [0.717, 1.165) is 11.3 Å². The molecule has 1 aromatic rings. The summed E-state index contributed by atoms with van der Waals surface area (Å²) in [6.45, 7) is 11.7. The maximum absolute atomic E-state index is 11.8. The first-order valence-electron chi connectivity index (χ1n) is 8.92. The summed E-state index contributed by atoms with van der Waals surface area (Å²) in [6, 6.07) is 7.23. The van der Waals surface area contributed by atoms with Crippen molar-refractivity contribution in [2.45, 2.75) is 64.5 Å². The number of anilines is 1. The molecular formula is C20H32N2O4S. The van der Waals surface area contributed by atoms with Gasteiger partial charge in [-0.3, -0.25) is 0 Å². The predicted molar refractivity (Wildman–Crippen MR) is 112 cm³/mol. The summed E-state index contributed by atoms with van der Waals surface area (Å²) in [6.07, 6.45) is -0.718. The predicted octanol–water partition coefficient (Wildman–Crippen LogP) is 4.13. The van der Waals surface area contributed by atoms with Crippen molar-refractivity contribution in [2.75, 3.05) is 17.7 Å². The summed E-state index contributed by atoms with van der Waals surface area (Å²) in [4.78, 5) is 25.3. The molecule has 1 aromatic carbocycles. The molecule has 0 unspecified atom stereocenters. The molecule has 1 amide bonds. The van der Waals surface area contributed by atoms with Crippen molar-refractivity contribution in [2.24, 2.45) is 0 Å². The number of nitrogens with zero attached hydrogens (tertiary/aromatic N) is 1. The van der Waals surface area contributed by atoms with Gasteiger partial charge in [0.05, 0.1) is 0 Å². The minimum absolute atomic E-state index is 0.0400. The van der Waals surface area contributed by atoms with Crippen LogP contribution >= 0.6 is 11.8 Å². The second kappa shape index (κ2) is 9.35. The zero-order valence-corrected chi connectivity index (χ0v) is 18.1. The Labute approximate surface area is 166 Å². The number of hydrogen-bond acceptors (Lipinski definition) is 5. The molecule has 152 valence electrons. The van der Waals surface area contributed by atoms with Gasteiger partial charge in [-0.05, 0) is 59.2 Å². The van der Waals surface area contributed by atoms with Crippen molar-refractivity contribution in [1.29, 1.82) is 0 Å². The number of benzene rings is 1. The number of thioether (sulfide) groups is 1. The van der Waals surface area contributed by atoms with Gasteiger partial charge in [-0.15, -0.1) is 0 Å². The van der Waals surface area contributed by atoms with Gasteiger partial charge in [0.25, 0.3) is 0 Å². The molecule has 1 rings (SSSR count). The molecule has 0 bridgehead atoms. The summed E-state index contributed by atoms with van der Waals surface area (Å²) in [5.74, 6) is -0.146.